The van der Waals surface area contributed by atoms with Crippen molar-refractivity contribution in [2.75, 3.05) is 6.54 Å². The first kappa shape index (κ1) is 19.1. The van der Waals surface area contributed by atoms with Gasteiger partial charge in [-0.15, -0.1) is 0 Å². The van der Waals surface area contributed by atoms with Gasteiger partial charge in [-0.05, 0) is 74.5 Å². The first-order valence-electron chi connectivity index (χ1n) is 10.7. The van der Waals surface area contributed by atoms with Crippen LogP contribution in [-0.4, -0.2) is 28.2 Å². The van der Waals surface area contributed by atoms with Gasteiger partial charge in [-0.3, -0.25) is 9.59 Å². The fourth-order valence-electron chi connectivity index (χ4n) is 6.42. The molecule has 5 heteroatoms. The van der Waals surface area contributed by atoms with Gasteiger partial charge in [0.05, 0.1) is 17.3 Å². The minimum atomic E-state index is -0.161. The summed E-state index contributed by atoms with van der Waals surface area (Å²) in [5.41, 5.74) is 1.69. The Bertz CT molecular complexity index is 942. The molecule has 152 valence electrons. The van der Waals surface area contributed by atoms with Crippen molar-refractivity contribution in [2.45, 2.75) is 44.1 Å². The predicted molar refractivity (Wildman–Crippen MR) is 114 cm³/mol. The van der Waals surface area contributed by atoms with Crippen LogP contribution in [0.4, 0.5) is 0 Å². The largest absolute Gasteiger partial charge is 0.347 e. The lowest BCUT2D eigenvalue weighted by Crippen LogP contribution is -2.59. The number of nitrogens with zero attached hydrogens (tertiary/aromatic N) is 1. The third kappa shape index (κ3) is 3.47. The summed E-state index contributed by atoms with van der Waals surface area (Å²) in [6, 6.07) is 8.72. The lowest BCUT2D eigenvalue weighted by Gasteiger charge is -2.57. The van der Waals surface area contributed by atoms with Crippen molar-refractivity contribution in [1.82, 2.24) is 9.88 Å². The summed E-state index contributed by atoms with van der Waals surface area (Å²) in [4.78, 5) is 25.8. The normalized spacial score (nSPS) is 29.9. The molecule has 0 unspecified atom stereocenters. The molecule has 4 aliphatic rings. The van der Waals surface area contributed by atoms with Crippen LogP contribution in [-0.2, 0) is 7.05 Å². The number of nitrogens with one attached hydrogen (secondary N) is 1. The number of hydrogen-bond acceptors (Lipinski definition) is 3. The van der Waals surface area contributed by atoms with Gasteiger partial charge in [0.1, 0.15) is 0 Å². The molecule has 1 heterocycles. The highest BCUT2D eigenvalue weighted by Crippen LogP contribution is 2.55. The van der Waals surface area contributed by atoms with Gasteiger partial charge in [0, 0.05) is 29.9 Å². The van der Waals surface area contributed by atoms with E-state index in [1.165, 1.54) is 38.5 Å². The standard InChI is InChI=1S/C24H27ClN2O2/c1-27-14-18(9-21(27)23(29)19-4-2-3-5-20(19)25)22(28)13-26-24-10-15-6-16(11-24)8-17(7-15)12-24/h2-5,9,14-17,26H,6-8,10-13H2,1H3. The molecule has 1 aromatic carbocycles. The van der Waals surface area contributed by atoms with E-state index in [4.69, 9.17) is 11.6 Å². The number of benzene rings is 1. The zero-order valence-electron chi connectivity index (χ0n) is 16.8. The highest BCUT2D eigenvalue weighted by atomic mass is 35.5. The van der Waals surface area contributed by atoms with E-state index in [1.807, 2.05) is 0 Å². The Hall–Kier alpha value is -1.91. The second-order valence-corrected chi connectivity index (χ2v) is 9.92. The number of carbonyl (C=O) groups excluding carboxylic acids is 2. The maximum Gasteiger partial charge on any atom is 0.210 e. The molecule has 4 bridgehead atoms. The second-order valence-electron chi connectivity index (χ2n) is 9.51. The summed E-state index contributed by atoms with van der Waals surface area (Å²) in [5.74, 6) is 2.43. The van der Waals surface area contributed by atoms with E-state index in [2.05, 4.69) is 5.32 Å². The predicted octanol–water partition coefficient (Wildman–Crippen LogP) is 4.65. The summed E-state index contributed by atoms with van der Waals surface area (Å²) in [7, 11) is 1.80. The first-order valence-corrected chi connectivity index (χ1v) is 11.0. The van der Waals surface area contributed by atoms with Gasteiger partial charge in [0.2, 0.25) is 5.78 Å². The van der Waals surface area contributed by atoms with Crippen LogP contribution in [0, 0.1) is 17.8 Å². The quantitative estimate of drug-likeness (QED) is 0.705. The highest BCUT2D eigenvalue weighted by Gasteiger charge is 2.50. The Morgan fingerprint density at radius 3 is 2.34 bits per heavy atom. The van der Waals surface area contributed by atoms with Crippen LogP contribution >= 0.6 is 11.6 Å². The zero-order chi connectivity index (χ0) is 20.2. The van der Waals surface area contributed by atoms with E-state index < -0.39 is 0 Å². The maximum atomic E-state index is 12.9. The number of ketones is 2. The molecule has 0 aliphatic heterocycles. The van der Waals surface area contributed by atoms with E-state index in [0.717, 1.165) is 17.8 Å². The average molecular weight is 411 g/mol. The Morgan fingerprint density at radius 2 is 1.72 bits per heavy atom. The lowest BCUT2D eigenvalue weighted by atomic mass is 9.53. The molecular weight excluding hydrogens is 384 g/mol. The van der Waals surface area contributed by atoms with Crippen LogP contribution in [0.1, 0.15) is 64.9 Å². The molecule has 0 amide bonds. The van der Waals surface area contributed by atoms with Crippen LogP contribution in [0.5, 0.6) is 0 Å². The van der Waals surface area contributed by atoms with Gasteiger partial charge in [-0.1, -0.05) is 23.7 Å². The molecule has 4 fully saturated rings. The molecule has 0 saturated heterocycles. The highest BCUT2D eigenvalue weighted by molar-refractivity contribution is 6.34. The first-order chi connectivity index (χ1) is 13.9. The lowest BCUT2D eigenvalue weighted by molar-refractivity contribution is -0.0186. The van der Waals surface area contributed by atoms with E-state index >= 15 is 0 Å². The molecule has 6 rings (SSSR count). The Kier molecular flexibility index (Phi) is 4.67. The number of hydrogen-bond donors (Lipinski definition) is 1. The fourth-order valence-corrected chi connectivity index (χ4v) is 6.64. The molecule has 1 N–H and O–H groups in total. The number of aryl methyl sites for hydroxylation is 1. The Balaban J connectivity index is 1.30. The van der Waals surface area contributed by atoms with E-state index in [0.29, 0.717) is 28.4 Å². The molecule has 0 spiro atoms. The maximum absolute atomic E-state index is 12.9. The monoisotopic (exact) mass is 410 g/mol. The van der Waals surface area contributed by atoms with Gasteiger partial charge in [-0.2, -0.15) is 0 Å². The van der Waals surface area contributed by atoms with Crippen molar-refractivity contribution in [2.24, 2.45) is 24.8 Å². The molecule has 0 atom stereocenters. The van der Waals surface area contributed by atoms with Crippen LogP contribution in [0.2, 0.25) is 5.02 Å². The second kappa shape index (κ2) is 7.10. The summed E-state index contributed by atoms with van der Waals surface area (Å²) in [6.07, 6.45) is 9.59. The molecule has 0 radical (unpaired) electrons. The van der Waals surface area contributed by atoms with Crippen molar-refractivity contribution < 1.29 is 9.59 Å². The fraction of sp³-hybridized carbons (Fsp3) is 0.500. The minimum Gasteiger partial charge on any atom is -0.347 e. The van der Waals surface area contributed by atoms with Gasteiger partial charge < -0.3 is 9.88 Å². The number of rotatable bonds is 6. The molecular formula is C24H27ClN2O2. The van der Waals surface area contributed by atoms with Gasteiger partial charge >= 0.3 is 0 Å². The zero-order valence-corrected chi connectivity index (χ0v) is 17.5. The van der Waals surface area contributed by atoms with Crippen LogP contribution in [0.15, 0.2) is 36.5 Å². The van der Waals surface area contributed by atoms with Crippen LogP contribution in [0.3, 0.4) is 0 Å². The summed E-state index contributed by atoms with van der Waals surface area (Å²) < 4.78 is 1.73. The number of carbonyl (C=O) groups is 2. The molecule has 4 saturated carbocycles. The topological polar surface area (TPSA) is 51.1 Å². The third-order valence-corrected chi connectivity index (χ3v) is 7.67. The van der Waals surface area contributed by atoms with Gasteiger partial charge in [0.25, 0.3) is 0 Å². The van der Waals surface area contributed by atoms with Crippen molar-refractivity contribution in [3.63, 3.8) is 0 Å². The van der Waals surface area contributed by atoms with Crippen LogP contribution < -0.4 is 5.32 Å². The Morgan fingerprint density at radius 1 is 1.10 bits per heavy atom. The van der Waals surface area contributed by atoms with Crippen LogP contribution in [0.25, 0.3) is 0 Å². The number of aromatic nitrogens is 1. The molecule has 1 aromatic heterocycles. The number of halogens is 1. The SMILES string of the molecule is Cn1cc(C(=O)CNC23CC4CC(CC(C4)C2)C3)cc1C(=O)c1ccccc1Cl. The van der Waals surface area contributed by atoms with E-state index in [-0.39, 0.29) is 17.1 Å². The summed E-state index contributed by atoms with van der Waals surface area (Å²) in [6.45, 7) is 0.343. The molecule has 4 nitrogen and oxygen atoms in total. The third-order valence-electron chi connectivity index (χ3n) is 7.34. The van der Waals surface area contributed by atoms with E-state index in [1.54, 1.807) is 48.1 Å². The van der Waals surface area contributed by atoms with E-state index in [9.17, 15) is 9.59 Å². The van der Waals surface area contributed by atoms with Crippen molar-refractivity contribution >= 4 is 23.2 Å². The molecule has 4 aliphatic carbocycles. The minimum absolute atomic E-state index is 0.0505. The van der Waals surface area contributed by atoms with Crippen molar-refractivity contribution in [1.29, 1.82) is 0 Å². The van der Waals surface area contributed by atoms with Gasteiger partial charge in [-0.25, -0.2) is 0 Å². The van der Waals surface area contributed by atoms with Crippen molar-refractivity contribution in [3.8, 4) is 0 Å². The molecule has 2 aromatic rings. The average Bonchev–Trinajstić information content (AvgIpc) is 3.07. The van der Waals surface area contributed by atoms with Gasteiger partial charge in [0.15, 0.2) is 5.78 Å². The van der Waals surface area contributed by atoms with Crippen molar-refractivity contribution in [3.05, 3.63) is 58.4 Å². The Labute approximate surface area is 176 Å². The smallest absolute Gasteiger partial charge is 0.210 e. The summed E-state index contributed by atoms with van der Waals surface area (Å²) in [5, 5.41) is 4.09. The number of Topliss-reactive ketones (excluding diaryl/α,β-unsaturated/α-hetero) is 1. The molecule has 29 heavy (non-hydrogen) atoms. The summed E-state index contributed by atoms with van der Waals surface area (Å²) >= 11 is 6.18.